The Morgan fingerprint density at radius 1 is 1.22 bits per heavy atom. The molecular weight excluding hydrogens is 246 g/mol. The van der Waals surface area contributed by atoms with Gasteiger partial charge in [-0.1, -0.05) is 12.8 Å². The van der Waals surface area contributed by atoms with Crippen molar-refractivity contribution >= 4 is 8.56 Å². The second-order valence-electron chi connectivity index (χ2n) is 4.74. The van der Waals surface area contributed by atoms with Gasteiger partial charge >= 0.3 is 8.56 Å². The average molecular weight is 277 g/mol. The Balaban J connectivity index is 3.69. The third-order valence-electron chi connectivity index (χ3n) is 2.69. The van der Waals surface area contributed by atoms with Gasteiger partial charge in [0.15, 0.2) is 0 Å². The summed E-state index contributed by atoms with van der Waals surface area (Å²) in [6.07, 6.45) is 3.27. The number of rotatable bonds is 12. The average Bonchev–Trinajstić information content (AvgIpc) is 2.27. The molecule has 110 valence electrons. The van der Waals surface area contributed by atoms with E-state index in [-0.39, 0.29) is 6.23 Å². The van der Waals surface area contributed by atoms with E-state index in [4.69, 9.17) is 20.3 Å². The fourth-order valence-electron chi connectivity index (χ4n) is 1.96. The van der Waals surface area contributed by atoms with Crippen molar-refractivity contribution in [2.45, 2.75) is 51.9 Å². The SMILES string of the molecule is CCO[Si](C)(CCCCCNCCN)OC(C)N. The summed E-state index contributed by atoms with van der Waals surface area (Å²) in [6, 6.07) is 1.01. The number of hydrogen-bond donors (Lipinski definition) is 3. The molecule has 0 amide bonds. The molecule has 2 unspecified atom stereocenters. The van der Waals surface area contributed by atoms with Crippen molar-refractivity contribution in [3.8, 4) is 0 Å². The molecule has 0 fully saturated rings. The Morgan fingerprint density at radius 2 is 1.94 bits per heavy atom. The zero-order valence-corrected chi connectivity index (χ0v) is 13.2. The van der Waals surface area contributed by atoms with Gasteiger partial charge < -0.3 is 25.6 Å². The van der Waals surface area contributed by atoms with Crippen LogP contribution >= 0.6 is 0 Å². The van der Waals surface area contributed by atoms with Crippen molar-refractivity contribution in [2.75, 3.05) is 26.2 Å². The number of nitrogens with one attached hydrogen (secondary N) is 1. The highest BCUT2D eigenvalue weighted by Gasteiger charge is 2.31. The summed E-state index contributed by atoms with van der Waals surface area (Å²) in [5.41, 5.74) is 11.1. The molecule has 0 aliphatic rings. The van der Waals surface area contributed by atoms with Crippen LogP contribution in [0.3, 0.4) is 0 Å². The van der Waals surface area contributed by atoms with Crippen molar-refractivity contribution in [2.24, 2.45) is 11.5 Å². The van der Waals surface area contributed by atoms with E-state index < -0.39 is 8.56 Å². The van der Waals surface area contributed by atoms with Crippen molar-refractivity contribution in [1.29, 1.82) is 0 Å². The van der Waals surface area contributed by atoms with Crippen LogP contribution in [0.5, 0.6) is 0 Å². The van der Waals surface area contributed by atoms with Gasteiger partial charge in [0, 0.05) is 19.7 Å². The van der Waals surface area contributed by atoms with Gasteiger partial charge in [-0.05, 0) is 39.4 Å². The molecule has 0 aliphatic heterocycles. The quantitative estimate of drug-likeness (QED) is 0.283. The van der Waals surface area contributed by atoms with Crippen molar-refractivity contribution < 1.29 is 8.85 Å². The lowest BCUT2D eigenvalue weighted by Crippen LogP contribution is -2.44. The van der Waals surface area contributed by atoms with Gasteiger partial charge in [-0.3, -0.25) is 0 Å². The molecule has 2 atom stereocenters. The predicted molar refractivity (Wildman–Crippen MR) is 78.6 cm³/mol. The Labute approximate surface area is 113 Å². The van der Waals surface area contributed by atoms with Crippen LogP contribution in [0, 0.1) is 0 Å². The topological polar surface area (TPSA) is 82.5 Å². The second-order valence-corrected chi connectivity index (χ2v) is 8.03. The standard InChI is InChI=1S/C12H31N3O2Si/c1-4-16-18(3,17-12(2)14)11-7-5-6-9-15-10-8-13/h12,15H,4-11,13-14H2,1-3H3. The fraction of sp³-hybridized carbons (Fsp3) is 1.00. The number of nitrogens with two attached hydrogens (primary N) is 2. The monoisotopic (exact) mass is 277 g/mol. The summed E-state index contributed by atoms with van der Waals surface area (Å²) in [5, 5.41) is 3.29. The van der Waals surface area contributed by atoms with Crippen LogP contribution in [0.4, 0.5) is 0 Å². The van der Waals surface area contributed by atoms with Gasteiger partial charge in [0.1, 0.15) is 0 Å². The van der Waals surface area contributed by atoms with Gasteiger partial charge in [-0.25, -0.2) is 0 Å². The molecule has 0 bridgehead atoms. The molecule has 0 aromatic carbocycles. The summed E-state index contributed by atoms with van der Waals surface area (Å²) in [5.74, 6) is 0. The predicted octanol–water partition coefficient (Wildman–Crippen LogP) is 1.13. The highest BCUT2D eigenvalue weighted by molar-refractivity contribution is 6.66. The van der Waals surface area contributed by atoms with Crippen LogP contribution in [-0.4, -0.2) is 41.0 Å². The van der Waals surface area contributed by atoms with Gasteiger partial charge in [0.25, 0.3) is 0 Å². The molecular formula is C12H31N3O2Si. The zero-order chi connectivity index (χ0) is 13.9. The molecule has 0 aliphatic carbocycles. The highest BCUT2D eigenvalue weighted by atomic mass is 28.4. The highest BCUT2D eigenvalue weighted by Crippen LogP contribution is 2.18. The third-order valence-corrected chi connectivity index (χ3v) is 5.72. The van der Waals surface area contributed by atoms with E-state index in [2.05, 4.69) is 11.9 Å². The molecule has 0 aromatic rings. The second kappa shape index (κ2) is 10.9. The minimum Gasteiger partial charge on any atom is -0.395 e. The Hall–Kier alpha value is 0.0169. The first-order chi connectivity index (χ1) is 8.54. The van der Waals surface area contributed by atoms with Gasteiger partial charge in [0.2, 0.25) is 0 Å². The van der Waals surface area contributed by atoms with Crippen molar-refractivity contribution in [3.05, 3.63) is 0 Å². The lowest BCUT2D eigenvalue weighted by atomic mass is 10.2. The van der Waals surface area contributed by atoms with E-state index >= 15 is 0 Å². The van der Waals surface area contributed by atoms with E-state index in [1.54, 1.807) is 0 Å². The van der Waals surface area contributed by atoms with E-state index in [1.165, 1.54) is 12.8 Å². The van der Waals surface area contributed by atoms with Gasteiger partial charge in [-0.2, -0.15) is 0 Å². The van der Waals surface area contributed by atoms with Crippen LogP contribution in [0.15, 0.2) is 0 Å². The first-order valence-electron chi connectivity index (χ1n) is 7.02. The molecule has 0 spiro atoms. The normalized spacial score (nSPS) is 16.5. The van der Waals surface area contributed by atoms with Crippen LogP contribution in [-0.2, 0) is 8.85 Å². The number of unbranched alkanes of at least 4 members (excludes halogenated alkanes) is 2. The first kappa shape index (κ1) is 18.0. The molecule has 0 radical (unpaired) electrons. The van der Waals surface area contributed by atoms with E-state index in [1.807, 2.05) is 13.8 Å². The van der Waals surface area contributed by atoms with Gasteiger partial charge in [0.05, 0.1) is 6.23 Å². The summed E-state index contributed by atoms with van der Waals surface area (Å²) >= 11 is 0. The zero-order valence-electron chi connectivity index (χ0n) is 12.2. The fourth-order valence-corrected chi connectivity index (χ4v) is 4.58. The van der Waals surface area contributed by atoms with E-state index in [0.29, 0.717) is 13.2 Å². The molecule has 0 heterocycles. The van der Waals surface area contributed by atoms with Gasteiger partial charge in [-0.15, -0.1) is 0 Å². The summed E-state index contributed by atoms with van der Waals surface area (Å²) in [6.45, 7) is 9.32. The van der Waals surface area contributed by atoms with Crippen LogP contribution in [0.2, 0.25) is 12.6 Å². The largest absolute Gasteiger partial charge is 0.395 e. The molecule has 0 saturated carbocycles. The molecule has 5 nitrogen and oxygen atoms in total. The van der Waals surface area contributed by atoms with Crippen LogP contribution < -0.4 is 16.8 Å². The lowest BCUT2D eigenvalue weighted by Gasteiger charge is -2.28. The Morgan fingerprint density at radius 3 is 2.50 bits per heavy atom. The number of hydrogen-bond acceptors (Lipinski definition) is 5. The van der Waals surface area contributed by atoms with E-state index in [9.17, 15) is 0 Å². The minimum atomic E-state index is -2.05. The molecule has 0 saturated heterocycles. The summed E-state index contributed by atoms with van der Waals surface area (Å²) < 4.78 is 11.6. The van der Waals surface area contributed by atoms with Crippen LogP contribution in [0.25, 0.3) is 0 Å². The molecule has 18 heavy (non-hydrogen) atoms. The molecule has 6 heteroatoms. The smallest absolute Gasteiger partial charge is 0.336 e. The lowest BCUT2D eigenvalue weighted by molar-refractivity contribution is 0.134. The maximum Gasteiger partial charge on any atom is 0.336 e. The molecule has 5 N–H and O–H groups in total. The third kappa shape index (κ3) is 9.99. The van der Waals surface area contributed by atoms with Crippen molar-refractivity contribution in [1.82, 2.24) is 5.32 Å². The maximum absolute atomic E-state index is 5.79. The van der Waals surface area contributed by atoms with Crippen LogP contribution in [0.1, 0.15) is 33.1 Å². The Bertz CT molecular complexity index is 196. The van der Waals surface area contributed by atoms with Crippen molar-refractivity contribution in [3.63, 3.8) is 0 Å². The summed E-state index contributed by atoms with van der Waals surface area (Å²) in [4.78, 5) is 0. The first-order valence-corrected chi connectivity index (χ1v) is 9.54. The maximum atomic E-state index is 5.79. The van der Waals surface area contributed by atoms with E-state index in [0.717, 1.165) is 25.6 Å². The summed E-state index contributed by atoms with van der Waals surface area (Å²) in [7, 11) is -2.05. The Kier molecular flexibility index (Phi) is 10.9. The minimum absolute atomic E-state index is 0.237. The molecule has 0 rings (SSSR count). The molecule has 0 aromatic heterocycles.